The van der Waals surface area contributed by atoms with Crippen LogP contribution in [0.15, 0.2) is 97.1 Å². The first kappa shape index (κ1) is 18.1. The van der Waals surface area contributed by atoms with Crippen LogP contribution in [0.5, 0.6) is 5.75 Å². The first-order valence-electron chi connectivity index (χ1n) is 10.9. The van der Waals surface area contributed by atoms with Crippen molar-refractivity contribution in [1.29, 1.82) is 0 Å². The Bertz CT molecular complexity index is 1440. The Hall–Kier alpha value is -3.49. The van der Waals surface area contributed by atoms with Crippen LogP contribution < -0.4 is 9.64 Å². The standard InChI is InChI=1S/C29H20ClNO/c1-29-17-26-27-20(23-16-18(30)14-15-25(23)32-26)11-7-12-22(27)28(29)21-10-5-6-13-24(21)31(29)19-8-3-2-4-9-19/h2-17,28H,1H3. The minimum Gasteiger partial charge on any atom is -0.456 e. The van der Waals surface area contributed by atoms with Gasteiger partial charge in [-0.05, 0) is 66.1 Å². The molecule has 4 aromatic rings. The van der Waals surface area contributed by atoms with Gasteiger partial charge in [0.1, 0.15) is 11.5 Å². The van der Waals surface area contributed by atoms with E-state index in [1.807, 2.05) is 18.2 Å². The highest BCUT2D eigenvalue weighted by Crippen LogP contribution is 2.60. The first-order chi connectivity index (χ1) is 15.6. The number of nitrogens with zero attached hydrogens (tertiary/aromatic N) is 1. The monoisotopic (exact) mass is 433 g/mol. The lowest BCUT2D eigenvalue weighted by molar-refractivity contribution is 0.466. The molecule has 0 fully saturated rings. The summed E-state index contributed by atoms with van der Waals surface area (Å²) in [5.41, 5.74) is 8.23. The fourth-order valence-corrected chi connectivity index (χ4v) is 6.08. The quantitative estimate of drug-likeness (QED) is 0.303. The van der Waals surface area contributed by atoms with E-state index in [0.717, 1.165) is 22.1 Å². The van der Waals surface area contributed by atoms with Crippen LogP contribution in [0.3, 0.4) is 0 Å². The van der Waals surface area contributed by atoms with Crippen LogP contribution in [0.25, 0.3) is 16.9 Å². The van der Waals surface area contributed by atoms with Crippen molar-refractivity contribution in [3.8, 4) is 16.9 Å². The van der Waals surface area contributed by atoms with Crippen molar-refractivity contribution in [2.24, 2.45) is 0 Å². The van der Waals surface area contributed by atoms with E-state index in [9.17, 15) is 0 Å². The number of hydrogen-bond donors (Lipinski definition) is 0. The van der Waals surface area contributed by atoms with Gasteiger partial charge in [0.05, 0.1) is 5.54 Å². The molecule has 0 radical (unpaired) electrons. The van der Waals surface area contributed by atoms with E-state index in [4.69, 9.17) is 16.3 Å². The molecule has 2 unspecified atom stereocenters. The zero-order chi connectivity index (χ0) is 21.4. The highest BCUT2D eigenvalue weighted by atomic mass is 35.5. The van der Waals surface area contributed by atoms with Crippen LogP contribution in [0.2, 0.25) is 5.02 Å². The predicted octanol–water partition coefficient (Wildman–Crippen LogP) is 7.80. The van der Waals surface area contributed by atoms with Crippen molar-refractivity contribution in [1.82, 2.24) is 0 Å². The molecule has 2 nitrogen and oxygen atoms in total. The number of halogens is 1. The summed E-state index contributed by atoms with van der Waals surface area (Å²) in [5.74, 6) is 1.98. The second kappa shape index (κ2) is 6.27. The summed E-state index contributed by atoms with van der Waals surface area (Å²) in [6, 6.07) is 31.9. The SMILES string of the molecule is CC12C=C3Oc4ccc(Cl)cc4-c4cccc(c43)C1c1ccccc1N2c1ccccc1. The molecule has 1 aliphatic carbocycles. The van der Waals surface area contributed by atoms with Gasteiger partial charge >= 0.3 is 0 Å². The van der Waals surface area contributed by atoms with Gasteiger partial charge in [-0.2, -0.15) is 0 Å². The fraction of sp³-hybridized carbons (Fsp3) is 0.103. The minimum absolute atomic E-state index is 0.196. The van der Waals surface area contributed by atoms with Gasteiger partial charge in [0.15, 0.2) is 0 Å². The van der Waals surface area contributed by atoms with E-state index in [-0.39, 0.29) is 11.5 Å². The maximum absolute atomic E-state index is 6.53. The van der Waals surface area contributed by atoms with Crippen molar-refractivity contribution in [2.45, 2.75) is 18.4 Å². The predicted molar refractivity (Wildman–Crippen MR) is 131 cm³/mol. The topological polar surface area (TPSA) is 12.5 Å². The van der Waals surface area contributed by atoms with Crippen LogP contribution >= 0.6 is 11.6 Å². The van der Waals surface area contributed by atoms with Gasteiger partial charge in [-0.15, -0.1) is 0 Å². The van der Waals surface area contributed by atoms with E-state index in [1.54, 1.807) is 0 Å². The van der Waals surface area contributed by atoms with E-state index in [1.165, 1.54) is 33.6 Å². The number of benzene rings is 4. The Morgan fingerprint density at radius 2 is 1.59 bits per heavy atom. The molecule has 0 saturated carbocycles. The molecule has 154 valence electrons. The normalized spacial score (nSPS) is 21.6. The van der Waals surface area contributed by atoms with Gasteiger partial charge < -0.3 is 9.64 Å². The third-order valence-corrected chi connectivity index (χ3v) is 7.33. The molecule has 0 aromatic heterocycles. The fourth-order valence-electron chi connectivity index (χ4n) is 5.91. The Kier molecular flexibility index (Phi) is 3.55. The maximum atomic E-state index is 6.53. The van der Waals surface area contributed by atoms with Gasteiger partial charge in [-0.1, -0.05) is 66.2 Å². The summed E-state index contributed by atoms with van der Waals surface area (Å²) in [6.45, 7) is 2.33. The molecule has 2 heterocycles. The van der Waals surface area contributed by atoms with E-state index in [0.29, 0.717) is 0 Å². The molecule has 0 saturated heterocycles. The molecule has 0 amide bonds. The summed E-state index contributed by atoms with van der Waals surface area (Å²) in [7, 11) is 0. The zero-order valence-electron chi connectivity index (χ0n) is 17.5. The molecule has 0 N–H and O–H groups in total. The molecule has 2 aliphatic heterocycles. The molecule has 3 heteroatoms. The lowest BCUT2D eigenvalue weighted by Gasteiger charge is -2.44. The van der Waals surface area contributed by atoms with Crippen LogP contribution in [0.1, 0.15) is 29.5 Å². The summed E-state index contributed by atoms with van der Waals surface area (Å²) >= 11 is 6.36. The average molecular weight is 434 g/mol. The average Bonchev–Trinajstić information content (AvgIpc) is 3.08. The first-order valence-corrected chi connectivity index (χ1v) is 11.3. The molecule has 0 bridgehead atoms. The Labute approximate surface area is 192 Å². The highest BCUT2D eigenvalue weighted by Gasteiger charge is 2.52. The molecule has 0 spiro atoms. The van der Waals surface area contributed by atoms with Crippen LogP contribution in [-0.4, -0.2) is 5.54 Å². The van der Waals surface area contributed by atoms with Gasteiger partial charge in [0.25, 0.3) is 0 Å². The van der Waals surface area contributed by atoms with Gasteiger partial charge in [-0.25, -0.2) is 0 Å². The second-order valence-corrected chi connectivity index (χ2v) is 9.35. The molecule has 2 atom stereocenters. The van der Waals surface area contributed by atoms with Crippen molar-refractivity contribution >= 4 is 28.7 Å². The van der Waals surface area contributed by atoms with E-state index >= 15 is 0 Å². The molecule has 3 aliphatic rings. The smallest absolute Gasteiger partial charge is 0.135 e. The van der Waals surface area contributed by atoms with Gasteiger partial charge in [0, 0.05) is 33.4 Å². The number of para-hydroxylation sites is 2. The molecule has 32 heavy (non-hydrogen) atoms. The van der Waals surface area contributed by atoms with E-state index in [2.05, 4.69) is 90.7 Å². The summed E-state index contributed by atoms with van der Waals surface area (Å²) in [4.78, 5) is 2.47. The van der Waals surface area contributed by atoms with Gasteiger partial charge in [0.2, 0.25) is 0 Å². The summed E-state index contributed by atoms with van der Waals surface area (Å²) in [6.07, 6.45) is 2.33. The van der Waals surface area contributed by atoms with Crippen LogP contribution in [0.4, 0.5) is 11.4 Å². The van der Waals surface area contributed by atoms with Crippen molar-refractivity contribution in [3.63, 3.8) is 0 Å². The Morgan fingerprint density at radius 3 is 2.47 bits per heavy atom. The molecule has 7 rings (SSSR count). The van der Waals surface area contributed by atoms with Crippen LogP contribution in [-0.2, 0) is 0 Å². The molecular formula is C29H20ClNO. The second-order valence-electron chi connectivity index (χ2n) is 8.91. The molecule has 4 aromatic carbocycles. The maximum Gasteiger partial charge on any atom is 0.135 e. The summed E-state index contributed by atoms with van der Waals surface area (Å²) < 4.78 is 6.53. The highest BCUT2D eigenvalue weighted by molar-refractivity contribution is 6.31. The van der Waals surface area contributed by atoms with Gasteiger partial charge in [-0.3, -0.25) is 0 Å². The molecular weight excluding hydrogens is 414 g/mol. The van der Waals surface area contributed by atoms with Crippen molar-refractivity contribution < 1.29 is 4.74 Å². The van der Waals surface area contributed by atoms with E-state index < -0.39 is 0 Å². The number of ether oxygens (including phenoxy) is 1. The third kappa shape index (κ3) is 2.25. The Balaban J connectivity index is 1.54. The lowest BCUT2D eigenvalue weighted by atomic mass is 9.70. The number of fused-ring (bicyclic) bond motifs is 6. The Morgan fingerprint density at radius 1 is 0.812 bits per heavy atom. The zero-order valence-corrected chi connectivity index (χ0v) is 18.3. The van der Waals surface area contributed by atoms with Crippen LogP contribution in [0, 0.1) is 0 Å². The van der Waals surface area contributed by atoms with Crippen molar-refractivity contribution in [3.05, 3.63) is 119 Å². The summed E-state index contributed by atoms with van der Waals surface area (Å²) in [5, 5.41) is 0.722. The number of hydrogen-bond acceptors (Lipinski definition) is 2. The lowest BCUT2D eigenvalue weighted by Crippen LogP contribution is -2.44. The number of rotatable bonds is 1. The minimum atomic E-state index is -0.296. The largest absolute Gasteiger partial charge is 0.456 e. The third-order valence-electron chi connectivity index (χ3n) is 7.10. The van der Waals surface area contributed by atoms with Crippen molar-refractivity contribution in [2.75, 3.05) is 4.90 Å². The number of anilines is 2.